The molecule has 0 aromatic rings. The number of nitrogens with two attached hydrogens (primary N) is 1. The van der Waals surface area contributed by atoms with Gasteiger partial charge in [0, 0.05) is 24.7 Å². The van der Waals surface area contributed by atoms with Crippen LogP contribution in [0.1, 0.15) is 78.6 Å². The fraction of sp³-hybridized carbons (Fsp3) is 1.00. The monoisotopic (exact) mass is 266 g/mol. The minimum absolute atomic E-state index is 0.467. The minimum Gasteiger partial charge on any atom is -0.328 e. The van der Waals surface area contributed by atoms with Crippen LogP contribution in [0, 0.1) is 5.41 Å². The van der Waals surface area contributed by atoms with Crippen LogP contribution in [0.15, 0.2) is 0 Å². The van der Waals surface area contributed by atoms with Gasteiger partial charge in [-0.05, 0) is 37.5 Å². The Hall–Kier alpha value is -0.0800. The molecule has 2 aliphatic rings. The summed E-state index contributed by atoms with van der Waals surface area (Å²) in [6, 6.07) is 2.04. The molecule has 2 bridgehead atoms. The molecule has 19 heavy (non-hydrogen) atoms. The second-order valence-electron chi connectivity index (χ2n) is 7.76. The van der Waals surface area contributed by atoms with Crippen LogP contribution in [0.25, 0.3) is 0 Å². The number of fused-ring (bicyclic) bond motifs is 2. The Labute approximate surface area is 120 Å². The predicted octanol–water partition coefficient (Wildman–Crippen LogP) is 3.94. The number of piperidine rings is 2. The molecular weight excluding hydrogens is 232 g/mol. The highest BCUT2D eigenvalue weighted by Crippen LogP contribution is 2.37. The standard InChI is InChI=1S/C17H34N2/c1-4-5-6-10-17(2,3)13-19-15-8-7-9-16(19)12-14(18)11-15/h14-16H,4-13,18H2,1-3H3. The summed E-state index contributed by atoms with van der Waals surface area (Å²) in [5, 5.41) is 0. The average molecular weight is 266 g/mol. The molecule has 0 aromatic carbocycles. The van der Waals surface area contributed by atoms with E-state index in [1.54, 1.807) is 0 Å². The van der Waals surface area contributed by atoms with Crippen molar-refractivity contribution in [1.29, 1.82) is 0 Å². The van der Waals surface area contributed by atoms with E-state index in [-0.39, 0.29) is 0 Å². The topological polar surface area (TPSA) is 29.3 Å². The second-order valence-corrected chi connectivity index (χ2v) is 7.76. The average Bonchev–Trinajstić information content (AvgIpc) is 2.30. The van der Waals surface area contributed by atoms with Crippen molar-refractivity contribution >= 4 is 0 Å². The lowest BCUT2D eigenvalue weighted by Crippen LogP contribution is -2.57. The first-order chi connectivity index (χ1) is 9.02. The molecule has 2 unspecified atom stereocenters. The summed E-state index contributed by atoms with van der Waals surface area (Å²) in [4.78, 5) is 2.83. The molecule has 2 fully saturated rings. The van der Waals surface area contributed by atoms with Crippen molar-refractivity contribution in [3.05, 3.63) is 0 Å². The molecule has 0 saturated carbocycles. The largest absolute Gasteiger partial charge is 0.328 e. The molecule has 0 aromatic heterocycles. The Morgan fingerprint density at radius 2 is 1.74 bits per heavy atom. The molecule has 112 valence electrons. The molecule has 2 heteroatoms. The number of rotatable bonds is 6. The van der Waals surface area contributed by atoms with Crippen LogP contribution < -0.4 is 5.73 Å². The summed E-state index contributed by atoms with van der Waals surface area (Å²) >= 11 is 0. The van der Waals surface area contributed by atoms with E-state index in [0.29, 0.717) is 11.5 Å². The van der Waals surface area contributed by atoms with E-state index in [1.165, 1.54) is 64.3 Å². The van der Waals surface area contributed by atoms with E-state index >= 15 is 0 Å². The maximum Gasteiger partial charge on any atom is 0.0113 e. The van der Waals surface area contributed by atoms with Crippen molar-refractivity contribution in [3.63, 3.8) is 0 Å². The summed E-state index contributed by atoms with van der Waals surface area (Å²) < 4.78 is 0. The van der Waals surface area contributed by atoms with Crippen molar-refractivity contribution in [2.45, 2.75) is 96.7 Å². The van der Waals surface area contributed by atoms with Gasteiger partial charge in [-0.15, -0.1) is 0 Å². The molecule has 2 heterocycles. The van der Waals surface area contributed by atoms with Crippen LogP contribution in [0.4, 0.5) is 0 Å². The van der Waals surface area contributed by atoms with Gasteiger partial charge < -0.3 is 5.73 Å². The first kappa shape index (κ1) is 15.3. The number of nitrogens with zero attached hydrogens (tertiary/aromatic N) is 1. The second kappa shape index (κ2) is 6.58. The third kappa shape index (κ3) is 4.19. The zero-order valence-electron chi connectivity index (χ0n) is 13.3. The molecule has 2 rings (SSSR count). The highest BCUT2D eigenvalue weighted by molar-refractivity contribution is 4.95. The smallest absolute Gasteiger partial charge is 0.0113 e. The Morgan fingerprint density at radius 1 is 1.11 bits per heavy atom. The van der Waals surface area contributed by atoms with Gasteiger partial charge in [0.1, 0.15) is 0 Å². The first-order valence-electron chi connectivity index (χ1n) is 8.53. The van der Waals surface area contributed by atoms with Crippen LogP contribution in [-0.4, -0.2) is 29.6 Å². The van der Waals surface area contributed by atoms with Crippen molar-refractivity contribution in [3.8, 4) is 0 Å². The minimum atomic E-state index is 0.467. The van der Waals surface area contributed by atoms with Gasteiger partial charge in [-0.3, -0.25) is 4.90 Å². The van der Waals surface area contributed by atoms with E-state index in [4.69, 9.17) is 5.73 Å². The zero-order valence-corrected chi connectivity index (χ0v) is 13.3. The van der Waals surface area contributed by atoms with E-state index in [1.807, 2.05) is 0 Å². The Kier molecular flexibility index (Phi) is 5.30. The molecule has 0 spiro atoms. The molecule has 2 atom stereocenters. The highest BCUT2D eigenvalue weighted by Gasteiger charge is 2.39. The Bertz CT molecular complexity index is 260. The molecular formula is C17H34N2. The van der Waals surface area contributed by atoms with Gasteiger partial charge in [-0.1, -0.05) is 46.5 Å². The molecule has 2 aliphatic heterocycles. The summed E-state index contributed by atoms with van der Waals surface area (Å²) in [5.41, 5.74) is 6.70. The fourth-order valence-electron chi connectivity index (χ4n) is 4.21. The number of unbranched alkanes of at least 4 members (excludes halogenated alkanes) is 2. The summed E-state index contributed by atoms with van der Waals surface area (Å²) in [7, 11) is 0. The lowest BCUT2D eigenvalue weighted by atomic mass is 9.78. The maximum atomic E-state index is 6.22. The van der Waals surface area contributed by atoms with E-state index in [2.05, 4.69) is 25.7 Å². The lowest BCUT2D eigenvalue weighted by molar-refractivity contribution is 0.000789. The van der Waals surface area contributed by atoms with E-state index in [0.717, 1.165) is 12.1 Å². The molecule has 2 N–H and O–H groups in total. The van der Waals surface area contributed by atoms with Gasteiger partial charge in [0.2, 0.25) is 0 Å². The molecule has 0 radical (unpaired) electrons. The van der Waals surface area contributed by atoms with Crippen LogP contribution in [0.2, 0.25) is 0 Å². The van der Waals surface area contributed by atoms with Crippen LogP contribution in [0.5, 0.6) is 0 Å². The quantitative estimate of drug-likeness (QED) is 0.738. The van der Waals surface area contributed by atoms with Crippen molar-refractivity contribution in [2.24, 2.45) is 11.1 Å². The Balaban J connectivity index is 1.90. The summed E-state index contributed by atoms with van der Waals surface area (Å²) in [6.45, 7) is 8.52. The third-order valence-corrected chi connectivity index (χ3v) is 5.23. The molecule has 0 amide bonds. The van der Waals surface area contributed by atoms with Gasteiger partial charge in [-0.25, -0.2) is 0 Å². The molecule has 2 saturated heterocycles. The van der Waals surface area contributed by atoms with Gasteiger partial charge >= 0.3 is 0 Å². The van der Waals surface area contributed by atoms with E-state index in [9.17, 15) is 0 Å². The first-order valence-corrected chi connectivity index (χ1v) is 8.53. The molecule has 2 nitrogen and oxygen atoms in total. The predicted molar refractivity (Wildman–Crippen MR) is 83.3 cm³/mol. The van der Waals surface area contributed by atoms with Crippen LogP contribution in [0.3, 0.4) is 0 Å². The molecule has 0 aliphatic carbocycles. The zero-order chi connectivity index (χ0) is 13.9. The number of hydrogen-bond acceptors (Lipinski definition) is 2. The third-order valence-electron chi connectivity index (χ3n) is 5.23. The maximum absolute atomic E-state index is 6.22. The van der Waals surface area contributed by atoms with Crippen molar-refractivity contribution in [1.82, 2.24) is 4.90 Å². The van der Waals surface area contributed by atoms with Gasteiger partial charge in [0.25, 0.3) is 0 Å². The Morgan fingerprint density at radius 3 is 2.32 bits per heavy atom. The number of hydrogen-bond donors (Lipinski definition) is 1. The summed E-state index contributed by atoms with van der Waals surface area (Å²) in [6.07, 6.45) is 12.2. The summed E-state index contributed by atoms with van der Waals surface area (Å²) in [5.74, 6) is 0. The normalized spacial score (nSPS) is 32.5. The van der Waals surface area contributed by atoms with Crippen LogP contribution in [-0.2, 0) is 0 Å². The van der Waals surface area contributed by atoms with E-state index < -0.39 is 0 Å². The SMILES string of the molecule is CCCCCC(C)(C)CN1C2CCCC1CC(N)C2. The van der Waals surface area contributed by atoms with Crippen molar-refractivity contribution < 1.29 is 0 Å². The van der Waals surface area contributed by atoms with Gasteiger partial charge in [0.15, 0.2) is 0 Å². The van der Waals surface area contributed by atoms with Crippen molar-refractivity contribution in [2.75, 3.05) is 6.54 Å². The lowest BCUT2D eigenvalue weighted by Gasteiger charge is -2.50. The van der Waals surface area contributed by atoms with Crippen LogP contribution >= 0.6 is 0 Å². The van der Waals surface area contributed by atoms with Gasteiger partial charge in [0.05, 0.1) is 0 Å². The highest BCUT2D eigenvalue weighted by atomic mass is 15.2. The van der Waals surface area contributed by atoms with Gasteiger partial charge in [-0.2, -0.15) is 0 Å². The fourth-order valence-corrected chi connectivity index (χ4v) is 4.21.